The third-order valence-corrected chi connectivity index (χ3v) is 7.00. The van der Waals surface area contributed by atoms with Gasteiger partial charge < -0.3 is 25.0 Å². The van der Waals surface area contributed by atoms with Crippen LogP contribution in [0, 0.1) is 0 Å². The lowest BCUT2D eigenvalue weighted by Gasteiger charge is -2.36. The quantitative estimate of drug-likeness (QED) is 0.550. The molecule has 1 atom stereocenters. The number of carbonyl (C=O) groups is 1. The van der Waals surface area contributed by atoms with E-state index in [0.29, 0.717) is 32.2 Å². The van der Waals surface area contributed by atoms with Crippen LogP contribution in [0.15, 0.2) is 30.6 Å². The standard InChI is InChI=1S/C27H34N4O3/c1-16(2)22-13-30-25-21(22)11-19(12-29-25)18-9-17-5-7-31(26(32)27(3,4)33)14-23(17)20(10-18)24-15-34-8-6-28-24/h9-13,16,24,28,33H,5-8,14-15H2,1-4H3,(H,29,30)/t24-/m0/s1. The molecule has 7 nitrogen and oxygen atoms in total. The van der Waals surface area contributed by atoms with E-state index in [2.05, 4.69) is 48.5 Å². The highest BCUT2D eigenvalue weighted by Gasteiger charge is 2.33. The fourth-order valence-corrected chi connectivity index (χ4v) is 5.16. The number of aromatic nitrogens is 2. The number of amides is 1. The Hall–Kier alpha value is -2.74. The summed E-state index contributed by atoms with van der Waals surface area (Å²) in [4.78, 5) is 22.6. The molecule has 0 unspecified atom stereocenters. The molecular weight excluding hydrogens is 428 g/mol. The van der Waals surface area contributed by atoms with Gasteiger partial charge in [-0.3, -0.25) is 4.79 Å². The minimum atomic E-state index is -1.38. The maximum Gasteiger partial charge on any atom is 0.254 e. The van der Waals surface area contributed by atoms with Crippen molar-refractivity contribution < 1.29 is 14.6 Å². The van der Waals surface area contributed by atoms with E-state index in [1.165, 1.54) is 16.7 Å². The van der Waals surface area contributed by atoms with Crippen molar-refractivity contribution in [2.24, 2.45) is 0 Å². The van der Waals surface area contributed by atoms with Gasteiger partial charge in [0, 0.05) is 43.0 Å². The van der Waals surface area contributed by atoms with Crippen molar-refractivity contribution in [2.45, 2.75) is 58.2 Å². The van der Waals surface area contributed by atoms with Gasteiger partial charge in [-0.25, -0.2) is 4.98 Å². The van der Waals surface area contributed by atoms with Crippen LogP contribution in [-0.4, -0.2) is 57.8 Å². The molecule has 3 N–H and O–H groups in total. The number of morpholine rings is 1. The van der Waals surface area contributed by atoms with Crippen LogP contribution in [-0.2, 0) is 22.5 Å². The van der Waals surface area contributed by atoms with Crippen molar-refractivity contribution in [1.82, 2.24) is 20.2 Å². The van der Waals surface area contributed by atoms with Crippen molar-refractivity contribution in [3.8, 4) is 11.1 Å². The maximum absolute atomic E-state index is 12.8. The second-order valence-corrected chi connectivity index (χ2v) is 10.3. The lowest BCUT2D eigenvalue weighted by atomic mass is 9.87. The summed E-state index contributed by atoms with van der Waals surface area (Å²) in [6.45, 7) is 10.7. The first-order valence-corrected chi connectivity index (χ1v) is 12.2. The Morgan fingerprint density at radius 3 is 2.79 bits per heavy atom. The highest BCUT2D eigenvalue weighted by Crippen LogP contribution is 2.35. The van der Waals surface area contributed by atoms with Crippen LogP contribution < -0.4 is 5.32 Å². The number of nitrogens with one attached hydrogen (secondary N) is 2. The Labute approximate surface area is 200 Å². The van der Waals surface area contributed by atoms with Gasteiger partial charge in [0.1, 0.15) is 11.2 Å². The number of rotatable bonds is 4. The fourth-order valence-electron chi connectivity index (χ4n) is 5.16. The minimum Gasteiger partial charge on any atom is -0.381 e. The number of aromatic amines is 1. The summed E-state index contributed by atoms with van der Waals surface area (Å²) in [5, 5.41) is 15.0. The Balaban J connectivity index is 1.59. The van der Waals surface area contributed by atoms with E-state index < -0.39 is 5.60 Å². The van der Waals surface area contributed by atoms with Crippen LogP contribution in [0.5, 0.6) is 0 Å². The Kier molecular flexibility index (Phi) is 5.96. The molecule has 1 aromatic carbocycles. The molecule has 4 heterocycles. The normalized spacial score (nSPS) is 19.0. The second kappa shape index (κ2) is 8.80. The third-order valence-electron chi connectivity index (χ3n) is 7.00. The number of pyridine rings is 1. The summed E-state index contributed by atoms with van der Waals surface area (Å²) >= 11 is 0. The molecular formula is C27H34N4O3. The van der Waals surface area contributed by atoms with E-state index in [9.17, 15) is 9.90 Å². The summed E-state index contributed by atoms with van der Waals surface area (Å²) in [6, 6.07) is 6.78. The molecule has 0 saturated carbocycles. The first-order valence-electron chi connectivity index (χ1n) is 12.2. The van der Waals surface area contributed by atoms with Crippen molar-refractivity contribution in [3.63, 3.8) is 0 Å². The van der Waals surface area contributed by atoms with Gasteiger partial charge in [0.2, 0.25) is 0 Å². The summed E-state index contributed by atoms with van der Waals surface area (Å²) in [6.07, 6.45) is 4.75. The van der Waals surface area contributed by atoms with E-state index >= 15 is 0 Å². The molecule has 2 aromatic heterocycles. The highest BCUT2D eigenvalue weighted by molar-refractivity contribution is 5.86. The van der Waals surface area contributed by atoms with E-state index in [1.807, 2.05) is 6.20 Å². The molecule has 0 radical (unpaired) electrons. The topological polar surface area (TPSA) is 90.5 Å². The molecule has 0 bridgehead atoms. The van der Waals surface area contributed by atoms with Crippen LogP contribution >= 0.6 is 0 Å². The molecule has 1 saturated heterocycles. The number of nitrogens with zero attached hydrogens (tertiary/aromatic N) is 2. The van der Waals surface area contributed by atoms with Gasteiger partial charge in [-0.2, -0.15) is 0 Å². The summed E-state index contributed by atoms with van der Waals surface area (Å²) in [5.41, 5.74) is 6.60. The zero-order chi connectivity index (χ0) is 24.0. The van der Waals surface area contributed by atoms with Gasteiger partial charge in [0.05, 0.1) is 19.3 Å². The monoisotopic (exact) mass is 462 g/mol. The Morgan fingerprint density at radius 1 is 1.26 bits per heavy atom. The van der Waals surface area contributed by atoms with Gasteiger partial charge >= 0.3 is 0 Å². The molecule has 7 heteroatoms. The average molecular weight is 463 g/mol. The number of aliphatic hydroxyl groups is 1. The smallest absolute Gasteiger partial charge is 0.254 e. The second-order valence-electron chi connectivity index (χ2n) is 10.3. The first kappa shape index (κ1) is 23.0. The molecule has 2 aliphatic rings. The predicted octanol–water partition coefficient (Wildman–Crippen LogP) is 3.67. The fraction of sp³-hybridized carbons (Fsp3) is 0.481. The predicted molar refractivity (Wildman–Crippen MR) is 133 cm³/mol. The molecule has 0 spiro atoms. The molecule has 1 fully saturated rings. The maximum atomic E-state index is 12.8. The first-order chi connectivity index (χ1) is 16.2. The van der Waals surface area contributed by atoms with Crippen molar-refractivity contribution in [3.05, 3.63) is 52.8 Å². The zero-order valence-corrected chi connectivity index (χ0v) is 20.4. The molecule has 1 amide bonds. The minimum absolute atomic E-state index is 0.0646. The number of ether oxygens (including phenoxy) is 1. The molecule has 5 rings (SSSR count). The van der Waals surface area contributed by atoms with E-state index in [0.717, 1.165) is 40.7 Å². The van der Waals surface area contributed by atoms with Gasteiger partial charge in [-0.1, -0.05) is 19.9 Å². The molecule has 34 heavy (non-hydrogen) atoms. The average Bonchev–Trinajstić information content (AvgIpc) is 3.26. The highest BCUT2D eigenvalue weighted by atomic mass is 16.5. The van der Waals surface area contributed by atoms with Crippen LogP contribution in [0.4, 0.5) is 0 Å². The number of fused-ring (bicyclic) bond motifs is 2. The van der Waals surface area contributed by atoms with Crippen LogP contribution in [0.2, 0.25) is 0 Å². The number of hydrogen-bond donors (Lipinski definition) is 3. The summed E-state index contributed by atoms with van der Waals surface area (Å²) in [5.74, 6) is 0.178. The zero-order valence-electron chi connectivity index (χ0n) is 20.4. The number of benzene rings is 1. The van der Waals surface area contributed by atoms with E-state index in [4.69, 9.17) is 9.72 Å². The Bertz CT molecular complexity index is 1220. The number of hydrogen-bond acceptors (Lipinski definition) is 5. The largest absolute Gasteiger partial charge is 0.381 e. The van der Waals surface area contributed by atoms with Gasteiger partial charge in [0.15, 0.2) is 0 Å². The number of carbonyl (C=O) groups excluding carboxylic acids is 1. The van der Waals surface area contributed by atoms with Crippen molar-refractivity contribution in [1.29, 1.82) is 0 Å². The van der Waals surface area contributed by atoms with Crippen molar-refractivity contribution >= 4 is 16.9 Å². The van der Waals surface area contributed by atoms with Crippen LogP contribution in [0.1, 0.15) is 61.9 Å². The summed E-state index contributed by atoms with van der Waals surface area (Å²) in [7, 11) is 0. The van der Waals surface area contributed by atoms with Gasteiger partial charge in [0.25, 0.3) is 5.91 Å². The SMILES string of the molecule is CC(C)c1c[nH]c2ncc(-c3cc4c(c([C@@H]5COCCN5)c3)CN(C(=O)C(C)(C)O)CC4)cc12. The van der Waals surface area contributed by atoms with E-state index in [1.54, 1.807) is 18.7 Å². The summed E-state index contributed by atoms with van der Waals surface area (Å²) < 4.78 is 5.79. The van der Waals surface area contributed by atoms with E-state index in [-0.39, 0.29) is 11.9 Å². The van der Waals surface area contributed by atoms with Gasteiger partial charge in [-0.05, 0) is 66.1 Å². The third kappa shape index (κ3) is 4.24. The van der Waals surface area contributed by atoms with Crippen molar-refractivity contribution in [2.75, 3.05) is 26.3 Å². The lowest BCUT2D eigenvalue weighted by Crippen LogP contribution is -2.47. The van der Waals surface area contributed by atoms with Crippen LogP contribution in [0.25, 0.3) is 22.2 Å². The van der Waals surface area contributed by atoms with Gasteiger partial charge in [-0.15, -0.1) is 0 Å². The molecule has 3 aromatic rings. The molecule has 180 valence electrons. The molecule has 2 aliphatic heterocycles. The Morgan fingerprint density at radius 2 is 2.09 bits per heavy atom. The lowest BCUT2D eigenvalue weighted by molar-refractivity contribution is -0.148. The van der Waals surface area contributed by atoms with Crippen LogP contribution in [0.3, 0.4) is 0 Å². The molecule has 0 aliphatic carbocycles. The number of H-pyrrole nitrogens is 1.